The van der Waals surface area contributed by atoms with Crippen molar-refractivity contribution in [1.82, 2.24) is 14.3 Å². The van der Waals surface area contributed by atoms with E-state index in [0.717, 1.165) is 17.9 Å². The van der Waals surface area contributed by atoms with Crippen LogP contribution in [0.1, 0.15) is 18.9 Å². The second kappa shape index (κ2) is 8.81. The Bertz CT molecular complexity index is 1150. The molecule has 0 spiro atoms. The minimum absolute atomic E-state index is 0.0597. The van der Waals surface area contributed by atoms with Gasteiger partial charge in [0.2, 0.25) is 11.6 Å². The molecule has 0 radical (unpaired) electrons. The van der Waals surface area contributed by atoms with Crippen LogP contribution in [-0.4, -0.2) is 31.8 Å². The molecule has 1 amide bonds. The van der Waals surface area contributed by atoms with Crippen LogP contribution < -0.4 is 5.32 Å². The van der Waals surface area contributed by atoms with E-state index in [-0.39, 0.29) is 36.3 Å². The number of fused-ring (bicyclic) bond motifs is 1. The van der Waals surface area contributed by atoms with E-state index in [2.05, 4.69) is 34.7 Å². The standard InChI is InChI=1S/C17H14N8O3S/c1-3-13(27)21-16-12(26)4-9(7-28-8-18)15(22-16)23-24-17-10-5-20-6-11(19-2)14(10)25-29-17/h4-6,8,18,26H,3,7H2,1H3,(H,21,22,27). The third-order valence-corrected chi connectivity index (χ3v) is 4.42. The van der Waals surface area contributed by atoms with E-state index in [1.54, 1.807) is 6.92 Å². The molecule has 146 valence electrons. The first-order chi connectivity index (χ1) is 14.1. The molecule has 0 atom stereocenters. The fourth-order valence-corrected chi connectivity index (χ4v) is 2.94. The number of carbonyl (C=O) groups is 1. The number of nitrogens with zero attached hydrogens (tertiary/aromatic N) is 6. The molecule has 0 aliphatic carbocycles. The van der Waals surface area contributed by atoms with Crippen molar-refractivity contribution in [1.29, 1.82) is 5.41 Å². The first kappa shape index (κ1) is 19.8. The number of pyridine rings is 2. The van der Waals surface area contributed by atoms with Gasteiger partial charge in [-0.2, -0.15) is 0 Å². The van der Waals surface area contributed by atoms with Gasteiger partial charge in [-0.15, -0.1) is 10.2 Å². The van der Waals surface area contributed by atoms with Crippen LogP contribution in [0.25, 0.3) is 15.7 Å². The molecule has 0 aliphatic rings. The van der Waals surface area contributed by atoms with Crippen LogP contribution in [0.15, 0.2) is 28.7 Å². The summed E-state index contributed by atoms with van der Waals surface area (Å²) in [7, 11) is 0. The molecule has 3 aromatic heterocycles. The second-order valence-electron chi connectivity index (χ2n) is 5.52. The highest BCUT2D eigenvalue weighted by Gasteiger charge is 2.15. The van der Waals surface area contributed by atoms with Crippen LogP contribution in [-0.2, 0) is 16.1 Å². The first-order valence-corrected chi connectivity index (χ1v) is 9.00. The number of aromatic hydroxyl groups is 1. The highest BCUT2D eigenvalue weighted by molar-refractivity contribution is 7.11. The molecule has 0 saturated heterocycles. The van der Waals surface area contributed by atoms with Gasteiger partial charge in [0, 0.05) is 29.8 Å². The number of aromatic nitrogens is 3. The van der Waals surface area contributed by atoms with Gasteiger partial charge in [0.25, 0.3) is 0 Å². The van der Waals surface area contributed by atoms with Crippen molar-refractivity contribution in [2.45, 2.75) is 20.0 Å². The molecule has 3 aromatic rings. The zero-order valence-electron chi connectivity index (χ0n) is 15.1. The molecule has 0 bridgehead atoms. The summed E-state index contributed by atoms with van der Waals surface area (Å²) in [4.78, 5) is 23.2. The lowest BCUT2D eigenvalue weighted by molar-refractivity contribution is -0.115. The second-order valence-corrected chi connectivity index (χ2v) is 6.28. The van der Waals surface area contributed by atoms with Crippen LogP contribution in [0, 0.1) is 12.0 Å². The Morgan fingerprint density at radius 1 is 1.48 bits per heavy atom. The van der Waals surface area contributed by atoms with Gasteiger partial charge in [0.15, 0.2) is 28.8 Å². The molecule has 3 N–H and O–H groups in total. The summed E-state index contributed by atoms with van der Waals surface area (Å²) >= 11 is 1.05. The normalized spacial score (nSPS) is 10.8. The van der Waals surface area contributed by atoms with Gasteiger partial charge >= 0.3 is 0 Å². The van der Waals surface area contributed by atoms with Crippen LogP contribution >= 0.6 is 11.5 Å². The van der Waals surface area contributed by atoms with E-state index in [9.17, 15) is 9.90 Å². The maximum Gasteiger partial charge on any atom is 0.231 e. The van der Waals surface area contributed by atoms with Gasteiger partial charge in [-0.05, 0) is 17.6 Å². The molecule has 0 fully saturated rings. The maximum atomic E-state index is 11.6. The van der Waals surface area contributed by atoms with Crippen molar-refractivity contribution < 1.29 is 14.6 Å². The molecule has 3 rings (SSSR count). The van der Waals surface area contributed by atoms with Crippen molar-refractivity contribution in [2.24, 2.45) is 10.2 Å². The lowest BCUT2D eigenvalue weighted by Crippen LogP contribution is -2.11. The van der Waals surface area contributed by atoms with E-state index >= 15 is 0 Å². The fraction of sp³-hybridized carbons (Fsp3) is 0.176. The summed E-state index contributed by atoms with van der Waals surface area (Å²) in [5, 5.41) is 28.8. The Balaban J connectivity index is 2.02. The van der Waals surface area contributed by atoms with Crippen LogP contribution in [0.3, 0.4) is 0 Å². The molecule has 0 aliphatic heterocycles. The van der Waals surface area contributed by atoms with Crippen molar-refractivity contribution in [3.05, 3.63) is 35.4 Å². The summed E-state index contributed by atoms with van der Waals surface area (Å²) in [5.41, 5.74) is 1.15. The van der Waals surface area contributed by atoms with Crippen molar-refractivity contribution >= 4 is 57.1 Å². The molecular formula is C17H14N8O3S. The Kier molecular flexibility index (Phi) is 6.00. The number of azo groups is 1. The first-order valence-electron chi connectivity index (χ1n) is 8.23. The monoisotopic (exact) mass is 410 g/mol. The minimum atomic E-state index is -0.328. The largest absolute Gasteiger partial charge is 0.504 e. The lowest BCUT2D eigenvalue weighted by Gasteiger charge is -2.09. The molecule has 0 aromatic carbocycles. The van der Waals surface area contributed by atoms with Gasteiger partial charge in [-0.3, -0.25) is 15.2 Å². The van der Waals surface area contributed by atoms with E-state index in [1.807, 2.05) is 0 Å². The molecule has 29 heavy (non-hydrogen) atoms. The van der Waals surface area contributed by atoms with E-state index in [1.165, 1.54) is 18.5 Å². The number of rotatable bonds is 7. The van der Waals surface area contributed by atoms with E-state index < -0.39 is 0 Å². The van der Waals surface area contributed by atoms with Gasteiger partial charge in [-0.25, -0.2) is 14.2 Å². The molecule has 12 heteroatoms. The Morgan fingerprint density at radius 2 is 2.31 bits per heavy atom. The molecule has 0 saturated carbocycles. The number of anilines is 1. The smallest absolute Gasteiger partial charge is 0.231 e. The fourth-order valence-electron chi connectivity index (χ4n) is 2.25. The maximum absolute atomic E-state index is 11.6. The van der Waals surface area contributed by atoms with Gasteiger partial charge in [0.1, 0.15) is 6.61 Å². The topological polar surface area (TPSA) is 150 Å². The molecule has 0 unspecified atom stereocenters. The van der Waals surface area contributed by atoms with Gasteiger partial charge in [0.05, 0.1) is 12.1 Å². The third-order valence-electron chi connectivity index (χ3n) is 3.67. The predicted molar refractivity (Wildman–Crippen MR) is 106 cm³/mol. The Hall–Kier alpha value is -3.98. The molecule has 11 nitrogen and oxygen atoms in total. The van der Waals surface area contributed by atoms with Crippen LogP contribution in [0.2, 0.25) is 0 Å². The zero-order valence-corrected chi connectivity index (χ0v) is 15.9. The van der Waals surface area contributed by atoms with Gasteiger partial charge < -0.3 is 15.2 Å². The number of carbonyl (C=O) groups excluding carboxylic acids is 1. The summed E-state index contributed by atoms with van der Waals surface area (Å²) < 4.78 is 9.16. The number of nitrogens with one attached hydrogen (secondary N) is 2. The average Bonchev–Trinajstić information content (AvgIpc) is 3.15. The summed E-state index contributed by atoms with van der Waals surface area (Å²) in [6.07, 6.45) is 3.92. The van der Waals surface area contributed by atoms with E-state index in [4.69, 9.17) is 16.7 Å². The summed E-state index contributed by atoms with van der Waals surface area (Å²) in [6, 6.07) is 1.33. The average molecular weight is 410 g/mol. The third kappa shape index (κ3) is 4.30. The molecular weight excluding hydrogens is 396 g/mol. The summed E-state index contributed by atoms with van der Waals surface area (Å²) in [6.45, 7) is 8.76. The number of amides is 1. The van der Waals surface area contributed by atoms with Crippen molar-refractivity contribution in [3.8, 4) is 5.75 Å². The Labute approximate surface area is 168 Å². The van der Waals surface area contributed by atoms with Gasteiger partial charge in [-0.1, -0.05) is 6.92 Å². The highest BCUT2D eigenvalue weighted by atomic mass is 32.1. The Morgan fingerprint density at radius 3 is 3.03 bits per heavy atom. The predicted octanol–water partition coefficient (Wildman–Crippen LogP) is 4.23. The highest BCUT2D eigenvalue weighted by Crippen LogP contribution is 2.36. The molecule has 3 heterocycles. The minimum Gasteiger partial charge on any atom is -0.504 e. The van der Waals surface area contributed by atoms with Crippen LogP contribution in [0.4, 0.5) is 22.3 Å². The quantitative estimate of drug-likeness (QED) is 0.229. The SMILES string of the molecule is [C-]#[N+]c1cncc2c(N=Nc3nc(NC(=O)CC)c(O)cc3COC=N)snc12. The van der Waals surface area contributed by atoms with Crippen molar-refractivity contribution in [3.63, 3.8) is 0 Å². The number of hydrogen-bond acceptors (Lipinski definition) is 10. The van der Waals surface area contributed by atoms with Crippen LogP contribution in [0.5, 0.6) is 5.75 Å². The summed E-state index contributed by atoms with van der Waals surface area (Å²) in [5.74, 6) is -0.559. The lowest BCUT2D eigenvalue weighted by atomic mass is 10.2. The van der Waals surface area contributed by atoms with E-state index in [0.29, 0.717) is 27.2 Å². The zero-order chi connectivity index (χ0) is 20.8. The number of hydrogen-bond donors (Lipinski definition) is 3. The van der Waals surface area contributed by atoms with Crippen molar-refractivity contribution in [2.75, 3.05) is 5.32 Å². The number of ether oxygens (including phenoxy) is 1.